The Morgan fingerprint density at radius 1 is 1.08 bits per heavy atom. The van der Waals surface area contributed by atoms with E-state index in [0.29, 0.717) is 19.6 Å². The van der Waals surface area contributed by atoms with Gasteiger partial charge in [-0.3, -0.25) is 9.59 Å². The van der Waals surface area contributed by atoms with E-state index >= 15 is 0 Å². The number of amides is 2. The maximum atomic E-state index is 14.0. The van der Waals surface area contributed by atoms with E-state index < -0.39 is 35.2 Å². The Hall–Kier alpha value is -3.30. The molecule has 1 heterocycles. The molecule has 1 aliphatic rings. The average molecular weight is 530 g/mol. The number of aliphatic hydroxyl groups is 1. The van der Waals surface area contributed by atoms with Gasteiger partial charge in [0.25, 0.3) is 11.8 Å². The highest BCUT2D eigenvalue weighted by Gasteiger charge is 2.53. The predicted octanol–water partition coefficient (Wildman–Crippen LogP) is 3.45. The second kappa shape index (κ2) is 13.5. The molecule has 206 valence electrons. The molecular formula is C29H37F2N3O4. The Morgan fingerprint density at radius 3 is 2.29 bits per heavy atom. The summed E-state index contributed by atoms with van der Waals surface area (Å²) in [5, 5.41) is 14.5. The lowest BCUT2D eigenvalue weighted by Crippen LogP contribution is -2.56. The largest absolute Gasteiger partial charge is 0.471 e. The summed E-state index contributed by atoms with van der Waals surface area (Å²) in [7, 11) is 0. The van der Waals surface area contributed by atoms with Crippen molar-refractivity contribution in [3.63, 3.8) is 0 Å². The van der Waals surface area contributed by atoms with Gasteiger partial charge in [0.05, 0.1) is 6.10 Å². The normalized spacial score (nSPS) is 18.4. The van der Waals surface area contributed by atoms with Crippen molar-refractivity contribution in [2.75, 3.05) is 19.6 Å². The van der Waals surface area contributed by atoms with Crippen molar-refractivity contribution in [1.29, 1.82) is 0 Å². The zero-order valence-corrected chi connectivity index (χ0v) is 22.0. The van der Waals surface area contributed by atoms with E-state index in [1.54, 1.807) is 4.90 Å². The third-order valence-electron chi connectivity index (χ3n) is 6.75. The Kier molecular flexibility index (Phi) is 10.4. The van der Waals surface area contributed by atoms with E-state index in [4.69, 9.17) is 10.5 Å². The highest BCUT2D eigenvalue weighted by molar-refractivity contribution is 5.94. The number of nitrogens with one attached hydrogen (secondary N) is 1. The molecule has 0 radical (unpaired) electrons. The van der Waals surface area contributed by atoms with Crippen LogP contribution in [0.4, 0.5) is 8.78 Å². The number of carbonyl (C=O) groups excluding carboxylic acids is 2. The number of hydrogen-bond acceptors (Lipinski definition) is 5. The number of hydrogen-bond donors (Lipinski definition) is 3. The monoisotopic (exact) mass is 529 g/mol. The molecule has 4 N–H and O–H groups in total. The second-order valence-corrected chi connectivity index (χ2v) is 9.69. The number of nitrogens with two attached hydrogens (primary N) is 1. The SMILES string of the molecule is CCCN(CCC)C(=O)C1=CCC(C(N)=O)([C@@H](Cc2cc(F)cc(F)c2)[C@@H](O)CNCc2ccccc2)O1. The number of ether oxygens (including phenoxy) is 1. The minimum atomic E-state index is -1.77. The maximum absolute atomic E-state index is 14.0. The maximum Gasteiger partial charge on any atom is 0.288 e. The molecule has 9 heteroatoms. The van der Waals surface area contributed by atoms with Crippen LogP contribution in [-0.2, 0) is 27.3 Å². The van der Waals surface area contributed by atoms with Gasteiger partial charge in [0.1, 0.15) is 11.6 Å². The highest BCUT2D eigenvalue weighted by Crippen LogP contribution is 2.39. The van der Waals surface area contributed by atoms with Gasteiger partial charge < -0.3 is 25.8 Å². The van der Waals surface area contributed by atoms with Gasteiger partial charge in [-0.15, -0.1) is 0 Å². The van der Waals surface area contributed by atoms with Crippen molar-refractivity contribution in [2.45, 2.75) is 57.8 Å². The quantitative estimate of drug-likeness (QED) is 0.348. The van der Waals surface area contributed by atoms with Gasteiger partial charge in [-0.05, 0) is 48.6 Å². The predicted molar refractivity (Wildman–Crippen MR) is 141 cm³/mol. The van der Waals surface area contributed by atoms with Crippen LogP contribution in [0.25, 0.3) is 0 Å². The summed E-state index contributed by atoms with van der Waals surface area (Å²) in [5.41, 5.74) is 5.31. The summed E-state index contributed by atoms with van der Waals surface area (Å²) in [6, 6.07) is 12.6. The minimum Gasteiger partial charge on any atom is -0.471 e. The van der Waals surface area contributed by atoms with Gasteiger partial charge in [-0.1, -0.05) is 44.2 Å². The van der Waals surface area contributed by atoms with E-state index in [9.17, 15) is 23.5 Å². The number of primary amides is 1. The standard InChI is InChI=1S/C29H37F2N3O4/c1-3-12-34(13-4-2)27(36)26-10-11-29(38-26,28(32)37)24(16-21-14-22(30)17-23(31)15-21)25(35)19-33-18-20-8-6-5-7-9-20/h5-10,14-15,17,24-25,33,35H,3-4,11-13,16,18-19H2,1-2H3,(H2,32,37)/t24-,25-,29?/m0/s1. The summed E-state index contributed by atoms with van der Waals surface area (Å²) < 4.78 is 34.1. The molecule has 2 amide bonds. The third kappa shape index (κ3) is 7.17. The molecule has 0 fully saturated rings. The van der Waals surface area contributed by atoms with E-state index in [1.807, 2.05) is 44.2 Å². The van der Waals surface area contributed by atoms with Crippen LogP contribution in [0.3, 0.4) is 0 Å². The fourth-order valence-corrected chi connectivity index (χ4v) is 4.92. The van der Waals surface area contributed by atoms with Crippen LogP contribution >= 0.6 is 0 Å². The van der Waals surface area contributed by atoms with E-state index in [2.05, 4.69) is 5.32 Å². The van der Waals surface area contributed by atoms with Crippen molar-refractivity contribution in [2.24, 2.45) is 11.7 Å². The summed E-state index contributed by atoms with van der Waals surface area (Å²) in [5.74, 6) is -3.79. The number of rotatable bonds is 14. The lowest BCUT2D eigenvalue weighted by Gasteiger charge is -2.38. The van der Waals surface area contributed by atoms with Crippen LogP contribution in [0, 0.1) is 17.6 Å². The Morgan fingerprint density at radius 2 is 1.71 bits per heavy atom. The number of benzene rings is 2. The summed E-state index contributed by atoms with van der Waals surface area (Å²) in [4.78, 5) is 27.8. The molecule has 0 spiro atoms. The molecular weight excluding hydrogens is 492 g/mol. The molecule has 3 rings (SSSR count). The molecule has 38 heavy (non-hydrogen) atoms. The van der Waals surface area contributed by atoms with Gasteiger partial charge in [0, 0.05) is 44.6 Å². The van der Waals surface area contributed by atoms with Crippen LogP contribution in [-0.4, -0.2) is 53.2 Å². The zero-order valence-electron chi connectivity index (χ0n) is 22.0. The third-order valence-corrected chi connectivity index (χ3v) is 6.75. The van der Waals surface area contributed by atoms with Crippen molar-refractivity contribution in [1.82, 2.24) is 10.2 Å². The number of carbonyl (C=O) groups is 2. The first-order valence-corrected chi connectivity index (χ1v) is 13.1. The molecule has 2 aromatic rings. The van der Waals surface area contributed by atoms with Crippen LogP contribution in [0.15, 0.2) is 60.4 Å². The lowest BCUT2D eigenvalue weighted by atomic mass is 9.76. The smallest absolute Gasteiger partial charge is 0.288 e. The molecule has 1 unspecified atom stereocenters. The highest BCUT2D eigenvalue weighted by atomic mass is 19.1. The number of halogens is 2. The van der Waals surface area contributed by atoms with Gasteiger partial charge in [0.15, 0.2) is 11.4 Å². The van der Waals surface area contributed by atoms with Gasteiger partial charge in [-0.2, -0.15) is 0 Å². The molecule has 0 bridgehead atoms. The molecule has 0 aromatic heterocycles. The molecule has 0 saturated heterocycles. The zero-order chi connectivity index (χ0) is 27.7. The molecule has 2 aromatic carbocycles. The number of aliphatic hydroxyl groups excluding tert-OH is 1. The first-order valence-electron chi connectivity index (χ1n) is 13.1. The van der Waals surface area contributed by atoms with Gasteiger partial charge in [-0.25, -0.2) is 8.78 Å². The van der Waals surface area contributed by atoms with E-state index in [-0.39, 0.29) is 36.6 Å². The Labute approximate surface area is 222 Å². The molecule has 0 saturated carbocycles. The lowest BCUT2D eigenvalue weighted by molar-refractivity contribution is -0.153. The summed E-state index contributed by atoms with van der Waals surface area (Å²) in [6.45, 7) is 5.47. The number of nitrogens with zero attached hydrogens (tertiary/aromatic N) is 1. The Balaban J connectivity index is 1.87. The second-order valence-electron chi connectivity index (χ2n) is 9.69. The fourth-order valence-electron chi connectivity index (χ4n) is 4.92. The van der Waals surface area contributed by atoms with Crippen LogP contribution in [0.1, 0.15) is 44.2 Å². The molecule has 3 atom stereocenters. The van der Waals surface area contributed by atoms with Crippen LogP contribution in [0.2, 0.25) is 0 Å². The van der Waals surface area contributed by atoms with Crippen molar-refractivity contribution in [3.05, 3.63) is 83.1 Å². The summed E-state index contributed by atoms with van der Waals surface area (Å²) in [6.07, 6.45) is 1.68. The topological polar surface area (TPSA) is 105 Å². The van der Waals surface area contributed by atoms with Crippen molar-refractivity contribution < 1.29 is 28.2 Å². The van der Waals surface area contributed by atoms with Crippen molar-refractivity contribution >= 4 is 11.8 Å². The molecule has 0 aliphatic carbocycles. The first-order chi connectivity index (χ1) is 18.2. The fraction of sp³-hybridized carbons (Fsp3) is 0.448. The molecule has 1 aliphatic heterocycles. The first kappa shape index (κ1) is 29.3. The molecule has 7 nitrogen and oxygen atoms in total. The van der Waals surface area contributed by atoms with Gasteiger partial charge in [0.2, 0.25) is 0 Å². The summed E-state index contributed by atoms with van der Waals surface area (Å²) >= 11 is 0. The van der Waals surface area contributed by atoms with E-state index in [0.717, 1.165) is 36.6 Å². The van der Waals surface area contributed by atoms with Crippen LogP contribution in [0.5, 0.6) is 0 Å². The van der Waals surface area contributed by atoms with Crippen molar-refractivity contribution in [3.8, 4) is 0 Å². The minimum absolute atomic E-state index is 0.00873. The Bertz CT molecular complexity index is 1100. The van der Waals surface area contributed by atoms with E-state index in [1.165, 1.54) is 6.08 Å². The van der Waals surface area contributed by atoms with Gasteiger partial charge >= 0.3 is 0 Å². The van der Waals surface area contributed by atoms with Crippen LogP contribution < -0.4 is 11.1 Å². The average Bonchev–Trinajstić information content (AvgIpc) is 3.33.